The van der Waals surface area contributed by atoms with Gasteiger partial charge in [-0.1, -0.05) is 6.07 Å². The second-order valence-corrected chi connectivity index (χ2v) is 7.79. The molecular weight excluding hydrogens is 323 g/mol. The average molecular weight is 348 g/mol. The quantitative estimate of drug-likeness (QED) is 0.824. The molecule has 0 spiro atoms. The number of hydrogen-bond donors (Lipinski definition) is 2. The van der Waals surface area contributed by atoms with Crippen molar-refractivity contribution in [2.75, 3.05) is 13.3 Å². The number of rotatable bonds is 3. The fourth-order valence-corrected chi connectivity index (χ4v) is 5.70. The van der Waals surface area contributed by atoms with Crippen LogP contribution in [0, 0.1) is 23.7 Å². The molecule has 3 aliphatic rings. The monoisotopic (exact) mass is 348 g/mol. The van der Waals surface area contributed by atoms with Crippen LogP contribution < -0.4 is 0 Å². The van der Waals surface area contributed by atoms with Gasteiger partial charge < -0.3 is 14.9 Å². The van der Waals surface area contributed by atoms with Crippen molar-refractivity contribution in [3.8, 4) is 5.75 Å². The van der Waals surface area contributed by atoms with E-state index in [0.717, 1.165) is 25.7 Å². The summed E-state index contributed by atoms with van der Waals surface area (Å²) in [5.74, 6) is 0.723. The fraction of sp³-hybridized carbons (Fsp3) is 0.650. The standard InChI is InChI=1S/C20H25FO4/c21-7-8-25-20(24)18-10-17-15-3-1-11-9-12(22)2-4-13(11)14(15)5-6-16(17)19(18)23/h2,4,9,14-19,22-23H,1,3,5-8,10H2/t14-,15-,16?,17+,18-,19?/m1/s1. The molecule has 2 N–H and O–H groups in total. The predicted octanol–water partition coefficient (Wildman–Crippen LogP) is 2.96. The van der Waals surface area contributed by atoms with Gasteiger partial charge in [-0.2, -0.15) is 0 Å². The van der Waals surface area contributed by atoms with E-state index < -0.39 is 24.7 Å². The van der Waals surface area contributed by atoms with Gasteiger partial charge in [-0.3, -0.25) is 4.79 Å². The van der Waals surface area contributed by atoms with E-state index in [0.29, 0.717) is 29.9 Å². The van der Waals surface area contributed by atoms with Crippen molar-refractivity contribution in [3.05, 3.63) is 29.3 Å². The highest BCUT2D eigenvalue weighted by Gasteiger charge is 2.53. The van der Waals surface area contributed by atoms with E-state index in [9.17, 15) is 19.4 Å². The van der Waals surface area contributed by atoms with Crippen LogP contribution in [0.5, 0.6) is 5.75 Å². The highest BCUT2D eigenvalue weighted by atomic mass is 19.1. The zero-order chi connectivity index (χ0) is 17.6. The number of aliphatic hydroxyl groups excluding tert-OH is 1. The van der Waals surface area contributed by atoms with E-state index >= 15 is 0 Å². The number of phenols is 1. The minimum Gasteiger partial charge on any atom is -0.508 e. The average Bonchev–Trinajstić information content (AvgIpc) is 2.96. The third-order valence-electron chi connectivity index (χ3n) is 6.70. The number of benzene rings is 1. The number of aliphatic hydroxyl groups is 1. The molecule has 0 amide bonds. The highest BCUT2D eigenvalue weighted by Crippen LogP contribution is 2.56. The maximum Gasteiger partial charge on any atom is 0.311 e. The summed E-state index contributed by atoms with van der Waals surface area (Å²) in [6.07, 6.45) is 3.85. The van der Waals surface area contributed by atoms with E-state index in [1.165, 1.54) is 11.1 Å². The molecule has 136 valence electrons. The third-order valence-corrected chi connectivity index (χ3v) is 6.70. The lowest BCUT2D eigenvalue weighted by Gasteiger charge is -2.44. The van der Waals surface area contributed by atoms with Gasteiger partial charge in [-0.05, 0) is 79.0 Å². The molecule has 1 aromatic rings. The van der Waals surface area contributed by atoms with Gasteiger partial charge in [0.15, 0.2) is 0 Å². The van der Waals surface area contributed by atoms with E-state index in [1.807, 2.05) is 12.1 Å². The largest absolute Gasteiger partial charge is 0.508 e. The number of phenolic OH excluding ortho intramolecular Hbond substituents is 1. The topological polar surface area (TPSA) is 66.8 Å². The molecule has 0 heterocycles. The Morgan fingerprint density at radius 1 is 1.20 bits per heavy atom. The Morgan fingerprint density at radius 3 is 2.84 bits per heavy atom. The third kappa shape index (κ3) is 2.82. The van der Waals surface area contributed by atoms with Crippen molar-refractivity contribution in [3.63, 3.8) is 0 Å². The van der Waals surface area contributed by atoms with Crippen LogP contribution >= 0.6 is 0 Å². The Labute approximate surface area is 147 Å². The van der Waals surface area contributed by atoms with Crippen molar-refractivity contribution in [1.82, 2.24) is 0 Å². The molecule has 0 radical (unpaired) electrons. The SMILES string of the molecule is O=C(OCCF)[C@@H]1C[C@@H]2C(CC[C@@H]3c4ccc(O)cc4CC[C@H]32)C1O. The van der Waals surface area contributed by atoms with E-state index in [4.69, 9.17) is 4.74 Å². The molecule has 2 saturated carbocycles. The van der Waals surface area contributed by atoms with Crippen LogP contribution in [0.3, 0.4) is 0 Å². The second kappa shape index (κ2) is 6.60. The Hall–Kier alpha value is -1.62. The Morgan fingerprint density at radius 2 is 2.04 bits per heavy atom. The van der Waals surface area contributed by atoms with Gasteiger partial charge in [0.05, 0.1) is 12.0 Å². The van der Waals surface area contributed by atoms with Crippen molar-refractivity contribution in [2.24, 2.45) is 23.7 Å². The number of aryl methyl sites for hydroxylation is 1. The minimum atomic E-state index is -0.685. The first-order chi connectivity index (χ1) is 12.1. The summed E-state index contributed by atoms with van der Waals surface area (Å²) in [5.41, 5.74) is 2.56. The second-order valence-electron chi connectivity index (χ2n) is 7.79. The number of hydrogen-bond acceptors (Lipinski definition) is 4. The van der Waals surface area contributed by atoms with E-state index in [2.05, 4.69) is 0 Å². The molecule has 0 aliphatic heterocycles. The van der Waals surface area contributed by atoms with Gasteiger partial charge in [0, 0.05) is 0 Å². The van der Waals surface area contributed by atoms with Crippen molar-refractivity contribution >= 4 is 5.97 Å². The number of alkyl halides is 1. The summed E-state index contributed by atoms with van der Waals surface area (Å²) >= 11 is 0. The molecule has 1 aromatic carbocycles. The van der Waals surface area contributed by atoms with Gasteiger partial charge in [0.25, 0.3) is 0 Å². The van der Waals surface area contributed by atoms with Crippen molar-refractivity contribution in [2.45, 2.75) is 44.1 Å². The maximum atomic E-state index is 12.3. The van der Waals surface area contributed by atoms with Crippen LogP contribution in [0.4, 0.5) is 4.39 Å². The molecule has 0 saturated heterocycles. The van der Waals surface area contributed by atoms with Crippen LogP contribution in [0.25, 0.3) is 0 Å². The van der Waals surface area contributed by atoms with Gasteiger partial charge in [-0.25, -0.2) is 4.39 Å². The fourth-order valence-electron chi connectivity index (χ4n) is 5.70. The summed E-state index contributed by atoms with van der Waals surface area (Å²) in [6, 6.07) is 5.67. The maximum absolute atomic E-state index is 12.3. The van der Waals surface area contributed by atoms with Crippen LogP contribution in [0.1, 0.15) is 42.7 Å². The number of carbonyl (C=O) groups is 1. The number of fused-ring (bicyclic) bond motifs is 5. The normalized spacial score (nSPS) is 36.2. The lowest BCUT2D eigenvalue weighted by Crippen LogP contribution is -2.37. The number of ether oxygens (including phenoxy) is 1. The van der Waals surface area contributed by atoms with Gasteiger partial charge in [-0.15, -0.1) is 0 Å². The van der Waals surface area contributed by atoms with Crippen molar-refractivity contribution < 1.29 is 24.1 Å². The summed E-state index contributed by atoms with van der Waals surface area (Å²) in [5, 5.41) is 20.4. The van der Waals surface area contributed by atoms with Crippen molar-refractivity contribution in [1.29, 1.82) is 0 Å². The van der Waals surface area contributed by atoms with Gasteiger partial charge in [0.1, 0.15) is 19.0 Å². The number of carbonyl (C=O) groups excluding carboxylic acids is 1. The molecule has 0 aromatic heterocycles. The summed E-state index contributed by atoms with van der Waals surface area (Å²) in [7, 11) is 0. The molecule has 2 unspecified atom stereocenters. The molecule has 0 bridgehead atoms. The van der Waals surface area contributed by atoms with Gasteiger partial charge in [0.2, 0.25) is 0 Å². The molecule has 5 heteroatoms. The Kier molecular flexibility index (Phi) is 4.44. The molecular formula is C20H25FO4. The summed E-state index contributed by atoms with van der Waals surface area (Å²) in [6.45, 7) is -0.907. The van der Waals surface area contributed by atoms with Crippen LogP contribution in [-0.2, 0) is 16.0 Å². The first-order valence-corrected chi connectivity index (χ1v) is 9.32. The molecule has 4 nitrogen and oxygen atoms in total. The smallest absolute Gasteiger partial charge is 0.311 e. The Balaban J connectivity index is 1.54. The zero-order valence-corrected chi connectivity index (χ0v) is 14.2. The highest BCUT2D eigenvalue weighted by molar-refractivity contribution is 5.73. The molecule has 2 fully saturated rings. The predicted molar refractivity (Wildman–Crippen MR) is 89.9 cm³/mol. The summed E-state index contributed by atoms with van der Waals surface area (Å²) < 4.78 is 17.2. The van der Waals surface area contributed by atoms with Crippen LogP contribution in [0.15, 0.2) is 18.2 Å². The Bertz CT molecular complexity index is 661. The minimum absolute atomic E-state index is 0.142. The molecule has 25 heavy (non-hydrogen) atoms. The van der Waals surface area contributed by atoms with E-state index in [-0.39, 0.29) is 12.5 Å². The zero-order valence-electron chi connectivity index (χ0n) is 14.2. The number of halogens is 1. The lowest BCUT2D eigenvalue weighted by molar-refractivity contribution is -0.152. The first-order valence-electron chi connectivity index (χ1n) is 9.32. The molecule has 6 atom stereocenters. The van der Waals surface area contributed by atoms with Crippen LogP contribution in [0.2, 0.25) is 0 Å². The summed E-state index contributed by atoms with van der Waals surface area (Å²) in [4.78, 5) is 12.2. The molecule has 4 rings (SSSR count). The van der Waals surface area contributed by atoms with Crippen LogP contribution in [-0.4, -0.2) is 35.6 Å². The number of esters is 1. The number of aromatic hydroxyl groups is 1. The first kappa shape index (κ1) is 16.8. The lowest BCUT2D eigenvalue weighted by atomic mass is 9.61. The molecule has 3 aliphatic carbocycles. The van der Waals surface area contributed by atoms with Gasteiger partial charge >= 0.3 is 5.97 Å². The van der Waals surface area contributed by atoms with E-state index in [1.54, 1.807) is 6.07 Å².